The fraction of sp³-hybridized carbons (Fsp3) is 0.250. The molecule has 6 heteroatoms. The molecule has 116 valence electrons. The van der Waals surface area contributed by atoms with Gasteiger partial charge in [0.25, 0.3) is 5.91 Å². The predicted octanol–water partition coefficient (Wildman–Crippen LogP) is 2.65. The summed E-state index contributed by atoms with van der Waals surface area (Å²) in [5.41, 5.74) is 1.17. The van der Waals surface area contributed by atoms with Gasteiger partial charge < -0.3 is 14.8 Å². The van der Waals surface area contributed by atoms with Crippen LogP contribution in [0, 0.1) is 6.92 Å². The van der Waals surface area contributed by atoms with Gasteiger partial charge in [-0.15, -0.1) is 11.3 Å². The number of esters is 1. The number of carbonyl (C=O) groups is 2. The van der Waals surface area contributed by atoms with Crippen LogP contribution in [0.25, 0.3) is 0 Å². The zero-order chi connectivity index (χ0) is 15.9. The minimum Gasteiger partial charge on any atom is -0.492 e. The van der Waals surface area contributed by atoms with Gasteiger partial charge in [-0.3, -0.25) is 4.79 Å². The molecule has 0 atom stereocenters. The topological polar surface area (TPSA) is 64.6 Å². The van der Waals surface area contributed by atoms with Gasteiger partial charge in [0.05, 0.1) is 18.5 Å². The van der Waals surface area contributed by atoms with Crippen molar-refractivity contribution in [3.63, 3.8) is 0 Å². The molecule has 1 amide bonds. The van der Waals surface area contributed by atoms with Gasteiger partial charge in [0.1, 0.15) is 17.2 Å². The first-order chi connectivity index (χ1) is 10.6. The minimum absolute atomic E-state index is 0.229. The lowest BCUT2D eigenvalue weighted by Crippen LogP contribution is -2.27. The summed E-state index contributed by atoms with van der Waals surface area (Å²) in [6, 6.07) is 10.9. The van der Waals surface area contributed by atoms with Gasteiger partial charge in [0.15, 0.2) is 0 Å². The van der Waals surface area contributed by atoms with Crippen LogP contribution in [-0.4, -0.2) is 32.1 Å². The third-order valence-corrected chi connectivity index (χ3v) is 3.96. The molecule has 0 spiro atoms. The molecule has 1 N–H and O–H groups in total. The van der Waals surface area contributed by atoms with Gasteiger partial charge in [0.2, 0.25) is 0 Å². The summed E-state index contributed by atoms with van der Waals surface area (Å²) in [5.74, 6) is 0.100. The van der Waals surface area contributed by atoms with Crippen molar-refractivity contribution in [1.82, 2.24) is 5.32 Å². The predicted molar refractivity (Wildman–Crippen MR) is 84.7 cm³/mol. The third-order valence-electron chi connectivity index (χ3n) is 2.89. The Balaban J connectivity index is 1.77. The molecule has 1 aromatic heterocycles. The van der Waals surface area contributed by atoms with Crippen LogP contribution >= 0.6 is 11.3 Å². The van der Waals surface area contributed by atoms with Crippen LogP contribution in [0.5, 0.6) is 5.75 Å². The molecule has 0 aliphatic carbocycles. The first-order valence-electron chi connectivity index (χ1n) is 6.76. The van der Waals surface area contributed by atoms with Crippen LogP contribution in [0.3, 0.4) is 0 Å². The van der Waals surface area contributed by atoms with E-state index in [1.54, 1.807) is 12.1 Å². The lowest BCUT2D eigenvalue weighted by molar-refractivity contribution is 0.0606. The Morgan fingerprint density at radius 3 is 2.45 bits per heavy atom. The maximum absolute atomic E-state index is 11.9. The highest BCUT2D eigenvalue weighted by atomic mass is 32.1. The summed E-state index contributed by atoms with van der Waals surface area (Å²) in [6.07, 6.45) is 0. The summed E-state index contributed by atoms with van der Waals surface area (Å²) >= 11 is 1.10. The zero-order valence-corrected chi connectivity index (χ0v) is 13.2. The molecule has 0 saturated heterocycles. The average Bonchev–Trinajstić information content (AvgIpc) is 3.02. The second-order valence-electron chi connectivity index (χ2n) is 4.57. The molecule has 2 aromatic rings. The van der Waals surface area contributed by atoms with Crippen LogP contribution < -0.4 is 10.1 Å². The van der Waals surface area contributed by atoms with Gasteiger partial charge in [0, 0.05) is 0 Å². The maximum Gasteiger partial charge on any atom is 0.348 e. The van der Waals surface area contributed by atoms with E-state index in [2.05, 4.69) is 10.1 Å². The van der Waals surface area contributed by atoms with Crippen molar-refractivity contribution in [2.24, 2.45) is 0 Å². The number of hydrogen-bond acceptors (Lipinski definition) is 5. The molecule has 2 rings (SSSR count). The molecule has 5 nitrogen and oxygen atoms in total. The number of hydrogen-bond donors (Lipinski definition) is 1. The molecule has 1 aromatic carbocycles. The lowest BCUT2D eigenvalue weighted by Gasteiger charge is -2.07. The minimum atomic E-state index is -0.438. The molecular weight excluding hydrogens is 302 g/mol. The zero-order valence-electron chi connectivity index (χ0n) is 12.4. The van der Waals surface area contributed by atoms with Gasteiger partial charge in [-0.1, -0.05) is 17.7 Å². The van der Waals surface area contributed by atoms with E-state index >= 15 is 0 Å². The maximum atomic E-state index is 11.9. The molecule has 0 bridgehead atoms. The van der Waals surface area contributed by atoms with Crippen LogP contribution in [0.15, 0.2) is 36.4 Å². The number of aryl methyl sites for hydroxylation is 1. The van der Waals surface area contributed by atoms with Gasteiger partial charge in [-0.05, 0) is 31.2 Å². The Hall–Kier alpha value is -2.34. The van der Waals surface area contributed by atoms with E-state index in [0.717, 1.165) is 17.1 Å². The highest BCUT2D eigenvalue weighted by Gasteiger charge is 2.13. The van der Waals surface area contributed by atoms with E-state index in [9.17, 15) is 9.59 Å². The van der Waals surface area contributed by atoms with Crippen molar-refractivity contribution in [2.45, 2.75) is 6.92 Å². The molecule has 1 heterocycles. The van der Waals surface area contributed by atoms with E-state index in [1.165, 1.54) is 12.7 Å². The van der Waals surface area contributed by atoms with Crippen LogP contribution in [-0.2, 0) is 4.74 Å². The first-order valence-corrected chi connectivity index (χ1v) is 7.57. The van der Waals surface area contributed by atoms with Crippen LogP contribution in [0.4, 0.5) is 0 Å². The summed E-state index contributed by atoms with van der Waals surface area (Å²) in [6.45, 7) is 2.77. The van der Waals surface area contributed by atoms with E-state index in [1.807, 2.05) is 31.2 Å². The second-order valence-corrected chi connectivity index (χ2v) is 5.66. The van der Waals surface area contributed by atoms with Gasteiger partial charge in [-0.25, -0.2) is 4.79 Å². The fourth-order valence-electron chi connectivity index (χ4n) is 1.73. The number of carbonyl (C=O) groups excluding carboxylic acids is 2. The summed E-state index contributed by atoms with van der Waals surface area (Å²) < 4.78 is 10.1. The van der Waals surface area contributed by atoms with E-state index < -0.39 is 5.97 Å². The van der Waals surface area contributed by atoms with Crippen molar-refractivity contribution in [3.8, 4) is 5.75 Å². The quantitative estimate of drug-likeness (QED) is 0.657. The van der Waals surface area contributed by atoms with Crippen molar-refractivity contribution in [1.29, 1.82) is 0 Å². The number of nitrogens with one attached hydrogen (secondary N) is 1. The average molecular weight is 319 g/mol. The standard InChI is InChI=1S/C16H17NO4S/c1-11-3-5-12(6-4-11)21-10-9-17-15(18)13-7-8-14(22-13)16(19)20-2/h3-8H,9-10H2,1-2H3,(H,17,18). The Labute approximate surface area is 132 Å². The second kappa shape index (κ2) is 7.61. The van der Waals surface area contributed by atoms with E-state index in [-0.39, 0.29) is 5.91 Å². The molecule has 0 aliphatic rings. The number of rotatable bonds is 6. The Bertz CT molecular complexity index is 648. The number of benzene rings is 1. The van der Waals surface area contributed by atoms with Gasteiger partial charge >= 0.3 is 5.97 Å². The molecule has 0 fully saturated rings. The highest BCUT2D eigenvalue weighted by molar-refractivity contribution is 7.15. The fourth-order valence-corrected chi connectivity index (χ4v) is 2.57. The highest BCUT2D eigenvalue weighted by Crippen LogP contribution is 2.17. The van der Waals surface area contributed by atoms with E-state index in [4.69, 9.17) is 4.74 Å². The normalized spacial score (nSPS) is 10.1. The lowest BCUT2D eigenvalue weighted by atomic mass is 10.2. The van der Waals surface area contributed by atoms with Crippen molar-refractivity contribution in [2.75, 3.05) is 20.3 Å². The van der Waals surface area contributed by atoms with Crippen molar-refractivity contribution < 1.29 is 19.1 Å². The van der Waals surface area contributed by atoms with Crippen molar-refractivity contribution in [3.05, 3.63) is 51.7 Å². The summed E-state index contributed by atoms with van der Waals surface area (Å²) in [5, 5.41) is 2.75. The number of thiophene rings is 1. The Morgan fingerprint density at radius 1 is 1.09 bits per heavy atom. The molecule has 22 heavy (non-hydrogen) atoms. The van der Waals surface area contributed by atoms with Gasteiger partial charge in [-0.2, -0.15) is 0 Å². The Morgan fingerprint density at radius 2 is 1.77 bits per heavy atom. The smallest absolute Gasteiger partial charge is 0.348 e. The largest absolute Gasteiger partial charge is 0.492 e. The molecule has 0 saturated carbocycles. The van der Waals surface area contributed by atoms with E-state index in [0.29, 0.717) is 22.9 Å². The monoisotopic (exact) mass is 319 g/mol. The molecule has 0 radical (unpaired) electrons. The Kier molecular flexibility index (Phi) is 5.55. The van der Waals surface area contributed by atoms with Crippen LogP contribution in [0.2, 0.25) is 0 Å². The van der Waals surface area contributed by atoms with Crippen LogP contribution in [0.1, 0.15) is 24.9 Å². The molecule has 0 aliphatic heterocycles. The number of methoxy groups -OCH3 is 1. The summed E-state index contributed by atoms with van der Waals surface area (Å²) in [4.78, 5) is 24.1. The van der Waals surface area contributed by atoms with Crippen molar-refractivity contribution >= 4 is 23.2 Å². The first kappa shape index (κ1) is 16.0. The molecule has 0 unspecified atom stereocenters. The number of amides is 1. The summed E-state index contributed by atoms with van der Waals surface area (Å²) in [7, 11) is 1.31. The third kappa shape index (κ3) is 4.33. The number of ether oxygens (including phenoxy) is 2. The molecular formula is C16H17NO4S. The SMILES string of the molecule is COC(=O)c1ccc(C(=O)NCCOc2ccc(C)cc2)s1.